The molecule has 3 N–H and O–H groups in total. The van der Waals surface area contributed by atoms with Crippen LogP contribution in [0.4, 0.5) is 0 Å². The molecule has 1 aromatic heterocycles. The van der Waals surface area contributed by atoms with Gasteiger partial charge in [0.05, 0.1) is 12.9 Å². The van der Waals surface area contributed by atoms with Crippen LogP contribution >= 0.6 is 0 Å². The molecule has 2 rings (SSSR count). The van der Waals surface area contributed by atoms with Gasteiger partial charge in [-0.2, -0.15) is 0 Å². The molecule has 1 amide bonds. The third-order valence-electron chi connectivity index (χ3n) is 3.29. The Balaban J connectivity index is 2.32. The molecule has 1 aromatic rings. The van der Waals surface area contributed by atoms with Crippen LogP contribution in [0.15, 0.2) is 33.5 Å². The first-order chi connectivity index (χ1) is 10.4. The molecule has 2 heterocycles. The molecule has 1 atom stereocenters. The number of nitrogens with one attached hydrogen (secondary N) is 1. The van der Waals surface area contributed by atoms with E-state index in [1.807, 2.05) is 0 Å². The largest absolute Gasteiger partial charge is 0.502 e. The van der Waals surface area contributed by atoms with Crippen LogP contribution in [0.2, 0.25) is 0 Å². The second-order valence-corrected chi connectivity index (χ2v) is 6.86. The molecule has 0 fully saturated rings. The Morgan fingerprint density at radius 1 is 1.41 bits per heavy atom. The quantitative estimate of drug-likeness (QED) is 0.580. The van der Waals surface area contributed by atoms with Crippen LogP contribution in [0.1, 0.15) is 11.8 Å². The molecule has 122 valence electrons. The van der Waals surface area contributed by atoms with E-state index in [1.165, 1.54) is 11.2 Å². The Morgan fingerprint density at radius 3 is 2.68 bits per heavy atom. The lowest BCUT2D eigenvalue weighted by atomic mass is 10.2. The molecule has 1 unspecified atom stereocenters. The Morgan fingerprint density at radius 2 is 2.14 bits per heavy atom. The van der Waals surface area contributed by atoms with E-state index in [2.05, 4.69) is 5.32 Å². The van der Waals surface area contributed by atoms with Crippen LogP contribution in [-0.4, -0.2) is 61.9 Å². The van der Waals surface area contributed by atoms with Crippen molar-refractivity contribution in [3.63, 3.8) is 0 Å². The second kappa shape index (κ2) is 6.51. The number of nitrogens with zero attached hydrogens (tertiary/aromatic N) is 1. The maximum Gasteiger partial charge on any atom is 0.290 e. The summed E-state index contributed by atoms with van der Waals surface area (Å²) in [4.78, 5) is 13.0. The summed E-state index contributed by atoms with van der Waals surface area (Å²) in [6.07, 6.45) is 2.31. The van der Waals surface area contributed by atoms with Gasteiger partial charge < -0.3 is 24.8 Å². The summed E-state index contributed by atoms with van der Waals surface area (Å²) in [5.41, 5.74) is 0. The van der Waals surface area contributed by atoms with E-state index >= 15 is 0 Å². The SMILES string of the molecule is CS(=O)(=O)C1=C(O)C(=O)N(CCNCCO)C1c1ccco1. The van der Waals surface area contributed by atoms with Gasteiger partial charge in [0, 0.05) is 25.9 Å². The number of carbonyl (C=O) groups excluding carboxylic acids is 1. The number of hydrogen-bond donors (Lipinski definition) is 3. The lowest BCUT2D eigenvalue weighted by molar-refractivity contribution is -0.129. The molecular formula is C13H18N2O6S. The molecule has 1 aliphatic rings. The van der Waals surface area contributed by atoms with Gasteiger partial charge in [-0.1, -0.05) is 0 Å². The lowest BCUT2D eigenvalue weighted by Crippen LogP contribution is -2.37. The number of carbonyl (C=O) groups is 1. The minimum Gasteiger partial charge on any atom is -0.502 e. The molecule has 0 saturated carbocycles. The number of aliphatic hydroxyl groups excluding tert-OH is 2. The predicted octanol–water partition coefficient (Wildman–Crippen LogP) is -0.441. The van der Waals surface area contributed by atoms with E-state index in [1.54, 1.807) is 12.1 Å². The van der Waals surface area contributed by atoms with Gasteiger partial charge in [-0.3, -0.25) is 4.79 Å². The van der Waals surface area contributed by atoms with Gasteiger partial charge in [-0.25, -0.2) is 8.42 Å². The van der Waals surface area contributed by atoms with Crippen molar-refractivity contribution in [2.24, 2.45) is 0 Å². The Labute approximate surface area is 127 Å². The zero-order valence-corrected chi connectivity index (χ0v) is 12.8. The Bertz CT molecular complexity index is 665. The smallest absolute Gasteiger partial charge is 0.290 e. The molecule has 0 radical (unpaired) electrons. The second-order valence-electron chi connectivity index (χ2n) is 4.88. The van der Waals surface area contributed by atoms with Crippen molar-refractivity contribution in [1.29, 1.82) is 0 Å². The van der Waals surface area contributed by atoms with Crippen LogP contribution in [-0.2, 0) is 14.6 Å². The fourth-order valence-corrected chi connectivity index (χ4v) is 3.46. The van der Waals surface area contributed by atoms with E-state index in [9.17, 15) is 18.3 Å². The van der Waals surface area contributed by atoms with Gasteiger partial charge in [0.25, 0.3) is 5.91 Å². The maximum absolute atomic E-state index is 12.2. The molecule has 22 heavy (non-hydrogen) atoms. The van der Waals surface area contributed by atoms with Gasteiger partial charge in [0.2, 0.25) is 0 Å². The van der Waals surface area contributed by atoms with Crippen LogP contribution in [0.25, 0.3) is 0 Å². The van der Waals surface area contributed by atoms with Crippen molar-refractivity contribution in [1.82, 2.24) is 10.2 Å². The zero-order chi connectivity index (χ0) is 16.3. The number of hydrogen-bond acceptors (Lipinski definition) is 7. The van der Waals surface area contributed by atoms with Crippen LogP contribution < -0.4 is 5.32 Å². The highest BCUT2D eigenvalue weighted by molar-refractivity contribution is 7.94. The molecular weight excluding hydrogens is 312 g/mol. The van der Waals surface area contributed by atoms with Crippen molar-refractivity contribution in [3.8, 4) is 0 Å². The van der Waals surface area contributed by atoms with Gasteiger partial charge in [-0.05, 0) is 12.1 Å². The highest BCUT2D eigenvalue weighted by Gasteiger charge is 2.45. The average Bonchev–Trinajstić information content (AvgIpc) is 3.03. The van der Waals surface area contributed by atoms with Gasteiger partial charge in [-0.15, -0.1) is 0 Å². The van der Waals surface area contributed by atoms with E-state index in [0.29, 0.717) is 13.1 Å². The molecule has 0 aromatic carbocycles. The van der Waals surface area contributed by atoms with Crippen molar-refractivity contribution in [2.75, 3.05) is 32.5 Å². The molecule has 1 aliphatic heterocycles. The third kappa shape index (κ3) is 3.16. The first-order valence-corrected chi connectivity index (χ1v) is 8.56. The summed E-state index contributed by atoms with van der Waals surface area (Å²) in [6, 6.07) is 2.15. The topological polar surface area (TPSA) is 120 Å². The highest BCUT2D eigenvalue weighted by atomic mass is 32.2. The zero-order valence-electron chi connectivity index (χ0n) is 12.0. The molecule has 8 nitrogen and oxygen atoms in total. The van der Waals surface area contributed by atoms with Gasteiger partial charge in [0.1, 0.15) is 16.7 Å². The van der Waals surface area contributed by atoms with E-state index in [-0.39, 0.29) is 23.8 Å². The molecule has 0 saturated heterocycles. The number of sulfone groups is 1. The van der Waals surface area contributed by atoms with E-state index in [4.69, 9.17) is 9.52 Å². The summed E-state index contributed by atoms with van der Waals surface area (Å²) in [5.74, 6) is -1.27. The van der Waals surface area contributed by atoms with E-state index in [0.717, 1.165) is 6.26 Å². The van der Waals surface area contributed by atoms with Crippen molar-refractivity contribution in [2.45, 2.75) is 6.04 Å². The third-order valence-corrected chi connectivity index (χ3v) is 4.50. The minimum atomic E-state index is -3.78. The summed E-state index contributed by atoms with van der Waals surface area (Å²) in [6.45, 7) is 0.806. The molecule has 0 bridgehead atoms. The predicted molar refractivity (Wildman–Crippen MR) is 77.6 cm³/mol. The van der Waals surface area contributed by atoms with Gasteiger partial charge >= 0.3 is 0 Å². The first-order valence-electron chi connectivity index (χ1n) is 6.67. The monoisotopic (exact) mass is 330 g/mol. The Kier molecular flexibility index (Phi) is 4.89. The molecule has 9 heteroatoms. The number of furan rings is 1. The summed E-state index contributed by atoms with van der Waals surface area (Å²) in [5, 5.41) is 21.6. The summed E-state index contributed by atoms with van der Waals surface area (Å²) < 4.78 is 29.1. The Hall–Kier alpha value is -1.84. The molecule has 0 aliphatic carbocycles. The maximum atomic E-state index is 12.2. The number of rotatable bonds is 7. The lowest BCUT2D eigenvalue weighted by Gasteiger charge is -2.24. The van der Waals surface area contributed by atoms with Crippen LogP contribution in [0.3, 0.4) is 0 Å². The highest BCUT2D eigenvalue weighted by Crippen LogP contribution is 2.39. The summed E-state index contributed by atoms with van der Waals surface area (Å²) >= 11 is 0. The average molecular weight is 330 g/mol. The van der Waals surface area contributed by atoms with Crippen molar-refractivity contribution >= 4 is 15.7 Å². The van der Waals surface area contributed by atoms with Crippen LogP contribution in [0.5, 0.6) is 0 Å². The fraction of sp³-hybridized carbons (Fsp3) is 0.462. The van der Waals surface area contributed by atoms with Gasteiger partial charge in [0.15, 0.2) is 15.6 Å². The summed E-state index contributed by atoms with van der Waals surface area (Å²) in [7, 11) is -3.78. The normalized spacial score (nSPS) is 19.3. The van der Waals surface area contributed by atoms with E-state index < -0.39 is 27.5 Å². The standard InChI is InChI=1S/C13H18N2O6S/c1-22(19,20)12-10(9-3-2-8-21-9)15(13(18)11(12)17)6-4-14-5-7-16/h2-3,8,10,14,16-17H,4-7H2,1H3. The van der Waals surface area contributed by atoms with Crippen molar-refractivity contribution < 1.29 is 27.8 Å². The number of amides is 1. The number of aliphatic hydroxyl groups is 2. The van der Waals surface area contributed by atoms with Crippen molar-refractivity contribution in [3.05, 3.63) is 34.8 Å². The minimum absolute atomic E-state index is 0.0480. The fourth-order valence-electron chi connectivity index (χ4n) is 2.37. The molecule has 0 spiro atoms. The van der Waals surface area contributed by atoms with Crippen LogP contribution in [0, 0.1) is 0 Å². The first kappa shape index (κ1) is 16.5.